The molecular formula is C13H19N3O3S2. The van der Waals surface area contributed by atoms with Crippen molar-refractivity contribution in [2.75, 3.05) is 25.2 Å². The molecule has 0 aromatic carbocycles. The van der Waals surface area contributed by atoms with Gasteiger partial charge in [0.05, 0.1) is 5.69 Å². The smallest absolute Gasteiger partial charge is 0.247 e. The Morgan fingerprint density at radius 2 is 2.14 bits per heavy atom. The van der Waals surface area contributed by atoms with Crippen LogP contribution in [-0.2, 0) is 27.6 Å². The lowest BCUT2D eigenvalue weighted by Gasteiger charge is -2.37. The van der Waals surface area contributed by atoms with Crippen LogP contribution in [-0.4, -0.2) is 48.8 Å². The van der Waals surface area contributed by atoms with Crippen molar-refractivity contribution in [3.05, 3.63) is 10.6 Å². The van der Waals surface area contributed by atoms with Crippen molar-refractivity contribution in [3.63, 3.8) is 0 Å². The number of sulfone groups is 1. The number of aromatic nitrogens is 1. The number of fused-ring (bicyclic) bond motifs is 1. The summed E-state index contributed by atoms with van der Waals surface area (Å²) in [5.74, 6) is -0.421. The second-order valence-corrected chi connectivity index (χ2v) is 9.36. The van der Waals surface area contributed by atoms with Crippen molar-refractivity contribution in [1.82, 2.24) is 9.88 Å². The number of amides is 1. The van der Waals surface area contributed by atoms with Crippen LogP contribution in [0.25, 0.3) is 0 Å². The molecule has 0 atom stereocenters. The van der Waals surface area contributed by atoms with Crippen molar-refractivity contribution in [1.29, 1.82) is 0 Å². The first-order valence-corrected chi connectivity index (χ1v) is 9.71. The summed E-state index contributed by atoms with van der Waals surface area (Å²) in [5.41, 5.74) is 1.02. The third kappa shape index (κ3) is 2.49. The lowest BCUT2D eigenvalue weighted by molar-refractivity contribution is -0.120. The van der Waals surface area contributed by atoms with E-state index in [2.05, 4.69) is 15.2 Å². The fourth-order valence-electron chi connectivity index (χ4n) is 2.85. The summed E-state index contributed by atoms with van der Waals surface area (Å²) in [6.07, 6.45) is 3.61. The average Bonchev–Trinajstić information content (AvgIpc) is 2.66. The van der Waals surface area contributed by atoms with Gasteiger partial charge < -0.3 is 10.2 Å². The van der Waals surface area contributed by atoms with Crippen LogP contribution in [0.3, 0.4) is 0 Å². The topological polar surface area (TPSA) is 79.4 Å². The first kappa shape index (κ1) is 14.9. The molecule has 3 rings (SSSR count). The maximum absolute atomic E-state index is 12.4. The second-order valence-electron chi connectivity index (χ2n) is 5.95. The van der Waals surface area contributed by atoms with Gasteiger partial charge in [-0.15, -0.1) is 11.3 Å². The molecule has 1 N–H and O–H groups in total. The molecule has 2 aliphatic rings. The lowest BCUT2D eigenvalue weighted by Crippen LogP contribution is -2.54. The number of hydrogen-bond acceptors (Lipinski definition) is 6. The van der Waals surface area contributed by atoms with Crippen LogP contribution in [0.15, 0.2) is 0 Å². The summed E-state index contributed by atoms with van der Waals surface area (Å²) in [7, 11) is -1.35. The minimum absolute atomic E-state index is 0.408. The molecular weight excluding hydrogens is 310 g/mol. The van der Waals surface area contributed by atoms with E-state index in [9.17, 15) is 13.2 Å². The number of nitrogens with zero attached hydrogens (tertiary/aromatic N) is 2. The molecule has 1 saturated carbocycles. The van der Waals surface area contributed by atoms with E-state index >= 15 is 0 Å². The van der Waals surface area contributed by atoms with Crippen molar-refractivity contribution >= 4 is 32.2 Å². The maximum atomic E-state index is 12.4. The van der Waals surface area contributed by atoms with Crippen molar-refractivity contribution in [2.45, 2.75) is 37.0 Å². The van der Waals surface area contributed by atoms with E-state index in [1.165, 1.54) is 11.3 Å². The maximum Gasteiger partial charge on any atom is 0.247 e. The molecule has 0 radical (unpaired) electrons. The second kappa shape index (κ2) is 5.03. The predicted molar refractivity (Wildman–Crippen MR) is 82.2 cm³/mol. The zero-order chi connectivity index (χ0) is 15.3. The average molecular weight is 329 g/mol. The molecule has 1 aromatic rings. The summed E-state index contributed by atoms with van der Waals surface area (Å²) in [6.45, 7) is 1.79. The minimum atomic E-state index is -3.40. The minimum Gasteiger partial charge on any atom is -0.301 e. The highest BCUT2D eigenvalue weighted by atomic mass is 32.2. The Balaban J connectivity index is 1.80. The Kier molecular flexibility index (Phi) is 3.58. The summed E-state index contributed by atoms with van der Waals surface area (Å²) in [6, 6.07) is 0. The highest BCUT2D eigenvalue weighted by molar-refractivity contribution is 7.93. The molecule has 21 heavy (non-hydrogen) atoms. The number of carbonyl (C=O) groups excluding carboxylic acids is 1. The van der Waals surface area contributed by atoms with Gasteiger partial charge in [-0.1, -0.05) is 0 Å². The van der Waals surface area contributed by atoms with Gasteiger partial charge in [0, 0.05) is 30.6 Å². The quantitative estimate of drug-likeness (QED) is 0.896. The molecule has 2 heterocycles. The Morgan fingerprint density at radius 1 is 1.43 bits per heavy atom. The van der Waals surface area contributed by atoms with Crippen LogP contribution in [0, 0.1) is 0 Å². The van der Waals surface area contributed by atoms with E-state index in [1.807, 2.05) is 7.05 Å². The Labute approximate surface area is 128 Å². The molecule has 0 bridgehead atoms. The van der Waals surface area contributed by atoms with Gasteiger partial charge in [-0.25, -0.2) is 13.4 Å². The monoisotopic (exact) mass is 329 g/mol. The Morgan fingerprint density at radius 3 is 2.71 bits per heavy atom. The fraction of sp³-hybridized carbons (Fsp3) is 0.692. The zero-order valence-corrected chi connectivity index (χ0v) is 13.8. The molecule has 0 unspecified atom stereocenters. The van der Waals surface area contributed by atoms with Gasteiger partial charge in [0.15, 0.2) is 19.7 Å². The Bertz CT molecular complexity index is 677. The van der Waals surface area contributed by atoms with Gasteiger partial charge in [-0.05, 0) is 26.3 Å². The van der Waals surface area contributed by atoms with E-state index in [4.69, 9.17) is 0 Å². The molecule has 1 aliphatic heterocycles. The number of hydrogen-bond donors (Lipinski definition) is 1. The molecule has 1 fully saturated rings. The van der Waals surface area contributed by atoms with Crippen molar-refractivity contribution in [3.8, 4) is 0 Å². The SMILES string of the molecule is CN1CCc2nc(NC(=O)C3(S(C)(=O)=O)CCC3)sc2C1. The van der Waals surface area contributed by atoms with Crippen LogP contribution in [0.1, 0.15) is 29.8 Å². The van der Waals surface area contributed by atoms with Gasteiger partial charge in [0.25, 0.3) is 0 Å². The molecule has 1 aromatic heterocycles. The van der Waals surface area contributed by atoms with E-state index in [1.54, 1.807) is 0 Å². The van der Waals surface area contributed by atoms with Gasteiger partial charge in [0.2, 0.25) is 5.91 Å². The summed E-state index contributed by atoms with van der Waals surface area (Å²) in [5, 5.41) is 3.26. The molecule has 0 saturated heterocycles. The van der Waals surface area contributed by atoms with Crippen LogP contribution >= 0.6 is 11.3 Å². The summed E-state index contributed by atoms with van der Waals surface area (Å²) < 4.78 is 22.6. The van der Waals surface area contributed by atoms with Gasteiger partial charge >= 0.3 is 0 Å². The van der Waals surface area contributed by atoms with Crippen LogP contribution in [0.5, 0.6) is 0 Å². The van der Waals surface area contributed by atoms with E-state index in [-0.39, 0.29) is 0 Å². The van der Waals surface area contributed by atoms with Gasteiger partial charge in [-0.2, -0.15) is 0 Å². The van der Waals surface area contributed by atoms with Crippen molar-refractivity contribution < 1.29 is 13.2 Å². The largest absolute Gasteiger partial charge is 0.301 e. The summed E-state index contributed by atoms with van der Waals surface area (Å²) >= 11 is 1.45. The number of nitrogens with one attached hydrogen (secondary N) is 1. The molecule has 1 aliphatic carbocycles. The van der Waals surface area contributed by atoms with Crippen LogP contribution in [0.2, 0.25) is 0 Å². The van der Waals surface area contributed by atoms with E-state index in [0.29, 0.717) is 18.0 Å². The molecule has 6 nitrogen and oxygen atoms in total. The number of anilines is 1. The highest BCUT2D eigenvalue weighted by Gasteiger charge is 2.53. The van der Waals surface area contributed by atoms with Crippen molar-refractivity contribution in [2.24, 2.45) is 0 Å². The number of thiazole rings is 1. The molecule has 116 valence electrons. The summed E-state index contributed by atoms with van der Waals surface area (Å²) in [4.78, 5) is 20.2. The Hall–Kier alpha value is -0.990. The number of carbonyl (C=O) groups is 1. The van der Waals surface area contributed by atoms with Gasteiger partial charge in [0.1, 0.15) is 0 Å². The van der Waals surface area contributed by atoms with Gasteiger partial charge in [-0.3, -0.25) is 4.79 Å². The molecule has 0 spiro atoms. The highest BCUT2D eigenvalue weighted by Crippen LogP contribution is 2.40. The fourth-order valence-corrected chi connectivity index (χ4v) is 5.35. The third-order valence-corrected chi connectivity index (χ3v) is 7.44. The first-order valence-electron chi connectivity index (χ1n) is 7.00. The van der Waals surface area contributed by atoms with Crippen LogP contribution < -0.4 is 5.32 Å². The van der Waals surface area contributed by atoms with Crippen LogP contribution in [0.4, 0.5) is 5.13 Å². The third-order valence-electron chi connectivity index (χ3n) is 4.43. The predicted octanol–water partition coefficient (Wildman–Crippen LogP) is 1.04. The van der Waals surface area contributed by atoms with E-state index in [0.717, 1.165) is 42.8 Å². The van der Waals surface area contributed by atoms with E-state index < -0.39 is 20.5 Å². The number of rotatable bonds is 3. The lowest BCUT2D eigenvalue weighted by atomic mass is 9.83. The standard InChI is InChI=1S/C13H19N3O3S2/c1-16-7-4-9-10(8-16)20-12(14-9)15-11(17)13(5-3-6-13)21(2,18)19/h3-8H2,1-2H3,(H,14,15,17). The number of likely N-dealkylation sites (N-methyl/N-ethyl adjacent to an activating group) is 1. The molecule has 8 heteroatoms. The zero-order valence-electron chi connectivity index (χ0n) is 12.2. The normalized spacial score (nSPS) is 21.4. The first-order chi connectivity index (χ1) is 9.82. The molecule has 1 amide bonds.